The lowest BCUT2D eigenvalue weighted by Gasteiger charge is -2.23. The maximum atomic E-state index is 13.9. The lowest BCUT2D eigenvalue weighted by Crippen LogP contribution is -2.22. The first-order chi connectivity index (χ1) is 9.95. The predicted octanol–water partition coefficient (Wildman–Crippen LogP) is 3.53. The maximum Gasteiger partial charge on any atom is 0.159 e. The van der Waals surface area contributed by atoms with E-state index in [1.54, 1.807) is 0 Å². The summed E-state index contributed by atoms with van der Waals surface area (Å²) in [5, 5.41) is 10.4. The average Bonchev–Trinajstić information content (AvgIpc) is 2.45. The van der Waals surface area contributed by atoms with E-state index in [9.17, 15) is 18.3 Å². The van der Waals surface area contributed by atoms with E-state index in [1.165, 1.54) is 24.3 Å². The van der Waals surface area contributed by atoms with Gasteiger partial charge in [0, 0.05) is 23.0 Å². The molecule has 2 rings (SSSR count). The molecule has 0 aliphatic heterocycles. The van der Waals surface area contributed by atoms with Crippen molar-refractivity contribution in [1.29, 1.82) is 0 Å². The Labute approximate surface area is 125 Å². The van der Waals surface area contributed by atoms with Crippen molar-refractivity contribution in [1.82, 2.24) is 0 Å². The highest BCUT2D eigenvalue weighted by Crippen LogP contribution is 2.36. The van der Waals surface area contributed by atoms with Gasteiger partial charge in [0.1, 0.15) is 5.82 Å². The van der Waals surface area contributed by atoms with Gasteiger partial charge in [-0.05, 0) is 29.8 Å². The highest BCUT2D eigenvalue weighted by molar-refractivity contribution is 6.31. The molecular weight excluding hydrogens is 303 g/mol. The molecule has 2 unspecified atom stereocenters. The Morgan fingerprint density at radius 1 is 1.05 bits per heavy atom. The minimum atomic E-state index is -1.31. The quantitative estimate of drug-likeness (QED) is 0.906. The molecule has 0 saturated heterocycles. The first-order valence-electron chi connectivity index (χ1n) is 6.22. The van der Waals surface area contributed by atoms with Crippen LogP contribution in [0, 0.1) is 17.5 Å². The van der Waals surface area contributed by atoms with Gasteiger partial charge in [-0.15, -0.1) is 0 Å². The fourth-order valence-corrected chi connectivity index (χ4v) is 2.50. The number of nitrogens with two attached hydrogens (primary N) is 1. The Hall–Kier alpha value is -1.56. The van der Waals surface area contributed by atoms with Crippen LogP contribution in [0.5, 0.6) is 0 Å². The average molecular weight is 316 g/mol. The number of aliphatic hydroxyl groups excluding tert-OH is 1. The molecule has 0 aromatic heterocycles. The monoisotopic (exact) mass is 315 g/mol. The van der Waals surface area contributed by atoms with Gasteiger partial charge in [0.15, 0.2) is 11.6 Å². The summed E-state index contributed by atoms with van der Waals surface area (Å²) in [6.07, 6.45) is -1.31. The van der Waals surface area contributed by atoms with E-state index in [0.717, 1.165) is 12.1 Å². The van der Waals surface area contributed by atoms with Crippen molar-refractivity contribution in [3.63, 3.8) is 0 Å². The van der Waals surface area contributed by atoms with Crippen molar-refractivity contribution < 1.29 is 18.3 Å². The molecular formula is C15H13ClF3NO. The SMILES string of the molecule is NCC(c1c(F)cccc1Cl)C(O)c1ccc(F)c(F)c1. The van der Waals surface area contributed by atoms with Crippen LogP contribution in [0.2, 0.25) is 5.02 Å². The Morgan fingerprint density at radius 3 is 2.33 bits per heavy atom. The number of hydrogen-bond donors (Lipinski definition) is 2. The number of aliphatic hydroxyl groups is 1. The Kier molecular flexibility index (Phi) is 4.88. The van der Waals surface area contributed by atoms with Gasteiger partial charge >= 0.3 is 0 Å². The second kappa shape index (κ2) is 6.47. The van der Waals surface area contributed by atoms with Gasteiger partial charge in [-0.1, -0.05) is 23.7 Å². The molecule has 0 amide bonds. The minimum Gasteiger partial charge on any atom is -0.388 e. The first kappa shape index (κ1) is 15.8. The molecule has 0 heterocycles. The van der Waals surface area contributed by atoms with Gasteiger partial charge in [0.25, 0.3) is 0 Å². The van der Waals surface area contributed by atoms with Gasteiger partial charge in [-0.25, -0.2) is 13.2 Å². The molecule has 2 nitrogen and oxygen atoms in total. The van der Waals surface area contributed by atoms with E-state index in [0.29, 0.717) is 0 Å². The van der Waals surface area contributed by atoms with Gasteiger partial charge in [0.05, 0.1) is 6.10 Å². The molecule has 2 aromatic carbocycles. The van der Waals surface area contributed by atoms with Crippen molar-refractivity contribution in [3.05, 3.63) is 70.0 Å². The van der Waals surface area contributed by atoms with E-state index in [4.69, 9.17) is 17.3 Å². The third-order valence-corrected chi connectivity index (χ3v) is 3.62. The number of benzene rings is 2. The molecule has 0 saturated carbocycles. The minimum absolute atomic E-state index is 0.0545. The van der Waals surface area contributed by atoms with Crippen LogP contribution in [-0.4, -0.2) is 11.7 Å². The lowest BCUT2D eigenvalue weighted by molar-refractivity contribution is 0.145. The molecule has 21 heavy (non-hydrogen) atoms. The highest BCUT2D eigenvalue weighted by Gasteiger charge is 2.27. The largest absolute Gasteiger partial charge is 0.388 e. The number of rotatable bonds is 4. The molecule has 6 heteroatoms. The summed E-state index contributed by atoms with van der Waals surface area (Å²) in [6, 6.07) is 7.07. The molecule has 0 bridgehead atoms. The molecule has 2 atom stereocenters. The first-order valence-corrected chi connectivity index (χ1v) is 6.60. The van der Waals surface area contributed by atoms with Crippen molar-refractivity contribution in [2.75, 3.05) is 6.54 Å². The van der Waals surface area contributed by atoms with E-state index >= 15 is 0 Å². The zero-order chi connectivity index (χ0) is 15.6. The lowest BCUT2D eigenvalue weighted by atomic mass is 9.88. The third-order valence-electron chi connectivity index (χ3n) is 3.29. The normalized spacial score (nSPS) is 14.0. The van der Waals surface area contributed by atoms with Crippen molar-refractivity contribution >= 4 is 11.6 Å². The van der Waals surface area contributed by atoms with E-state index in [1.807, 2.05) is 0 Å². The van der Waals surface area contributed by atoms with Crippen LogP contribution >= 0.6 is 11.6 Å². The molecule has 0 spiro atoms. The van der Waals surface area contributed by atoms with Crippen molar-refractivity contribution in [3.8, 4) is 0 Å². The fourth-order valence-electron chi connectivity index (χ4n) is 2.20. The maximum absolute atomic E-state index is 13.9. The Bertz CT molecular complexity index is 631. The second-order valence-corrected chi connectivity index (χ2v) is 5.00. The Morgan fingerprint density at radius 2 is 1.76 bits per heavy atom. The number of halogens is 4. The van der Waals surface area contributed by atoms with Crippen LogP contribution in [0.4, 0.5) is 13.2 Å². The molecule has 0 aliphatic rings. The molecule has 0 radical (unpaired) electrons. The smallest absolute Gasteiger partial charge is 0.159 e. The van der Waals surface area contributed by atoms with Crippen LogP contribution in [-0.2, 0) is 0 Å². The zero-order valence-electron chi connectivity index (χ0n) is 10.9. The third kappa shape index (κ3) is 3.20. The molecule has 3 N–H and O–H groups in total. The van der Waals surface area contributed by atoms with E-state index in [2.05, 4.69) is 0 Å². The van der Waals surface area contributed by atoms with Gasteiger partial charge in [-0.3, -0.25) is 0 Å². The summed E-state index contributed by atoms with van der Waals surface area (Å²) < 4.78 is 40.1. The molecule has 0 aliphatic carbocycles. The standard InChI is InChI=1S/C15H13ClF3NO/c16-10-2-1-3-12(18)14(10)9(7-20)15(21)8-4-5-11(17)13(19)6-8/h1-6,9,15,21H,7,20H2. The molecule has 112 valence electrons. The van der Waals surface area contributed by atoms with Crippen LogP contribution in [0.3, 0.4) is 0 Å². The second-order valence-electron chi connectivity index (χ2n) is 4.60. The highest BCUT2D eigenvalue weighted by atomic mass is 35.5. The zero-order valence-corrected chi connectivity index (χ0v) is 11.6. The summed E-state index contributed by atoms with van der Waals surface area (Å²) in [5.74, 6) is -3.61. The van der Waals surface area contributed by atoms with E-state index < -0.39 is 29.5 Å². The van der Waals surface area contributed by atoms with Crippen molar-refractivity contribution in [2.45, 2.75) is 12.0 Å². The summed E-state index contributed by atoms with van der Waals surface area (Å²) in [6.45, 7) is -0.110. The summed E-state index contributed by atoms with van der Waals surface area (Å²) in [5.41, 5.74) is 5.75. The van der Waals surface area contributed by atoms with E-state index in [-0.39, 0.29) is 22.7 Å². The van der Waals surface area contributed by atoms with Crippen LogP contribution in [0.25, 0.3) is 0 Å². The molecule has 0 fully saturated rings. The summed E-state index contributed by atoms with van der Waals surface area (Å²) in [7, 11) is 0. The van der Waals surface area contributed by atoms with Gasteiger partial charge < -0.3 is 10.8 Å². The fraction of sp³-hybridized carbons (Fsp3) is 0.200. The topological polar surface area (TPSA) is 46.2 Å². The van der Waals surface area contributed by atoms with Crippen LogP contribution < -0.4 is 5.73 Å². The molecule has 2 aromatic rings. The Balaban J connectivity index is 2.43. The number of hydrogen-bond acceptors (Lipinski definition) is 2. The van der Waals surface area contributed by atoms with Gasteiger partial charge in [-0.2, -0.15) is 0 Å². The summed E-state index contributed by atoms with van der Waals surface area (Å²) >= 11 is 5.95. The van der Waals surface area contributed by atoms with Crippen LogP contribution in [0.15, 0.2) is 36.4 Å². The van der Waals surface area contributed by atoms with Gasteiger partial charge in [0.2, 0.25) is 0 Å². The van der Waals surface area contributed by atoms with Crippen LogP contribution in [0.1, 0.15) is 23.1 Å². The van der Waals surface area contributed by atoms with Crippen molar-refractivity contribution in [2.24, 2.45) is 5.73 Å². The summed E-state index contributed by atoms with van der Waals surface area (Å²) in [4.78, 5) is 0. The predicted molar refractivity (Wildman–Crippen MR) is 74.5 cm³/mol.